The number of carbonyl (C=O) groups excluding carboxylic acids is 4. The van der Waals surface area contributed by atoms with Crippen molar-refractivity contribution in [3.63, 3.8) is 0 Å². The molecule has 2 rings (SSSR count). The van der Waals surface area contributed by atoms with E-state index >= 15 is 0 Å². The molecular weight excluding hydrogens is 524 g/mol. The standard InChI is InChI=1S/C31H52N4O6/c1-8-21(2)29(34(5)28(38)19-32-20-36)26(40-6)18-27(37)35-16-12-15-25(35)30(41-7)23(4)31(39)33-22(3)17-24-13-10-9-11-14-24/h10,13-14,20-23,25-26,29-30H,8-9,11-12,15-19H2,1-7H3,(H,32,36)(H,33,39). The lowest BCUT2D eigenvalue weighted by atomic mass is 9.90. The second-order valence-electron chi connectivity index (χ2n) is 11.5. The Balaban J connectivity index is 2.11. The molecule has 0 radical (unpaired) electrons. The largest absolute Gasteiger partial charge is 0.379 e. The van der Waals surface area contributed by atoms with E-state index in [4.69, 9.17) is 9.47 Å². The van der Waals surface area contributed by atoms with E-state index in [1.54, 1.807) is 26.2 Å². The minimum absolute atomic E-state index is 0.0147. The number of carbonyl (C=O) groups is 4. The van der Waals surface area contributed by atoms with E-state index in [1.165, 1.54) is 5.57 Å². The van der Waals surface area contributed by atoms with Gasteiger partial charge in [0.25, 0.3) is 0 Å². The van der Waals surface area contributed by atoms with Gasteiger partial charge in [0.15, 0.2) is 0 Å². The van der Waals surface area contributed by atoms with Crippen molar-refractivity contribution in [2.24, 2.45) is 11.8 Å². The van der Waals surface area contributed by atoms with E-state index in [1.807, 2.05) is 32.6 Å². The number of likely N-dealkylation sites (N-methyl/N-ethyl adjacent to an activating group) is 1. The number of amides is 4. The number of allylic oxidation sites excluding steroid dienone is 3. The van der Waals surface area contributed by atoms with E-state index in [2.05, 4.69) is 28.9 Å². The van der Waals surface area contributed by atoms with Crippen molar-refractivity contribution in [2.45, 2.75) is 103 Å². The van der Waals surface area contributed by atoms with Crippen LogP contribution in [0.15, 0.2) is 23.8 Å². The Labute approximate surface area is 246 Å². The molecule has 1 aliphatic heterocycles. The van der Waals surface area contributed by atoms with Crippen LogP contribution in [0.1, 0.15) is 72.6 Å². The Morgan fingerprint density at radius 3 is 2.49 bits per heavy atom. The quantitative estimate of drug-likeness (QED) is 0.257. The molecule has 232 valence electrons. The van der Waals surface area contributed by atoms with E-state index in [0.29, 0.717) is 13.0 Å². The highest BCUT2D eigenvalue weighted by Crippen LogP contribution is 2.29. The first-order chi connectivity index (χ1) is 19.6. The molecule has 1 heterocycles. The van der Waals surface area contributed by atoms with E-state index in [9.17, 15) is 19.2 Å². The van der Waals surface area contributed by atoms with Crippen molar-refractivity contribution in [2.75, 3.05) is 34.4 Å². The van der Waals surface area contributed by atoms with Crippen LogP contribution < -0.4 is 10.6 Å². The Bertz CT molecular complexity index is 938. The van der Waals surface area contributed by atoms with Gasteiger partial charge in [-0.3, -0.25) is 19.2 Å². The summed E-state index contributed by atoms with van der Waals surface area (Å²) in [6.07, 6.45) is 11.4. The van der Waals surface area contributed by atoms with Crippen molar-refractivity contribution in [1.29, 1.82) is 0 Å². The Morgan fingerprint density at radius 1 is 1.17 bits per heavy atom. The van der Waals surface area contributed by atoms with Gasteiger partial charge in [-0.15, -0.1) is 0 Å². The second kappa shape index (κ2) is 17.3. The number of hydrogen-bond acceptors (Lipinski definition) is 6. The number of nitrogens with one attached hydrogen (secondary N) is 2. The fraction of sp³-hybridized carbons (Fsp3) is 0.742. The second-order valence-corrected chi connectivity index (χ2v) is 11.5. The summed E-state index contributed by atoms with van der Waals surface area (Å²) in [4.78, 5) is 53.8. The van der Waals surface area contributed by atoms with E-state index in [-0.39, 0.29) is 54.7 Å². The van der Waals surface area contributed by atoms with Crippen molar-refractivity contribution < 1.29 is 28.7 Å². The molecule has 0 saturated carbocycles. The van der Waals surface area contributed by atoms with Crippen LogP contribution in [0, 0.1) is 11.8 Å². The van der Waals surface area contributed by atoms with Crippen LogP contribution in [0.25, 0.3) is 0 Å². The van der Waals surface area contributed by atoms with Gasteiger partial charge < -0.3 is 29.9 Å². The number of likely N-dealkylation sites (tertiary alicyclic amines) is 1. The predicted molar refractivity (Wildman–Crippen MR) is 159 cm³/mol. The molecule has 1 aliphatic carbocycles. The molecule has 0 aromatic carbocycles. The van der Waals surface area contributed by atoms with Crippen LogP contribution >= 0.6 is 0 Å². The van der Waals surface area contributed by atoms with Crippen molar-refractivity contribution in [1.82, 2.24) is 20.4 Å². The first-order valence-corrected chi connectivity index (χ1v) is 15.0. The van der Waals surface area contributed by atoms with Gasteiger partial charge in [0.2, 0.25) is 24.1 Å². The highest BCUT2D eigenvalue weighted by Gasteiger charge is 2.42. The minimum atomic E-state index is -0.533. The zero-order valence-corrected chi connectivity index (χ0v) is 26.1. The van der Waals surface area contributed by atoms with Crippen LogP contribution in [0.5, 0.6) is 0 Å². The average Bonchev–Trinajstić information content (AvgIpc) is 3.45. The topological polar surface area (TPSA) is 117 Å². The summed E-state index contributed by atoms with van der Waals surface area (Å²) in [5, 5.41) is 5.56. The van der Waals surface area contributed by atoms with Crippen molar-refractivity contribution in [3.8, 4) is 0 Å². The highest BCUT2D eigenvalue weighted by atomic mass is 16.5. The molecule has 7 unspecified atom stereocenters. The Hall–Kier alpha value is -2.72. The molecule has 2 N–H and O–H groups in total. The van der Waals surface area contributed by atoms with Gasteiger partial charge in [-0.05, 0) is 44.9 Å². The molecule has 7 atom stereocenters. The molecule has 1 fully saturated rings. The lowest BCUT2D eigenvalue weighted by Gasteiger charge is -2.39. The van der Waals surface area contributed by atoms with Gasteiger partial charge >= 0.3 is 0 Å². The molecule has 0 spiro atoms. The Kier molecular flexibility index (Phi) is 14.5. The normalized spacial score (nSPS) is 21.2. The molecule has 0 bridgehead atoms. The number of hydrogen-bond donors (Lipinski definition) is 2. The Morgan fingerprint density at radius 2 is 1.90 bits per heavy atom. The molecule has 4 amide bonds. The maximum atomic E-state index is 13.7. The minimum Gasteiger partial charge on any atom is -0.379 e. The van der Waals surface area contributed by atoms with Gasteiger partial charge in [0.1, 0.15) is 0 Å². The number of rotatable bonds is 17. The maximum Gasteiger partial charge on any atom is 0.242 e. The molecular formula is C31H52N4O6. The zero-order valence-electron chi connectivity index (χ0n) is 26.1. The van der Waals surface area contributed by atoms with Crippen LogP contribution in [0.4, 0.5) is 0 Å². The van der Waals surface area contributed by atoms with E-state index < -0.39 is 18.1 Å². The van der Waals surface area contributed by atoms with Crippen LogP contribution in [0.3, 0.4) is 0 Å². The summed E-state index contributed by atoms with van der Waals surface area (Å²) >= 11 is 0. The van der Waals surface area contributed by atoms with Crippen LogP contribution in [-0.2, 0) is 28.7 Å². The SMILES string of the molecule is CCC(C)C(C(CC(=O)N1CCCC1C(OC)C(C)C(=O)NC(C)CC1=CCCC=C1)OC)N(C)C(=O)CNC=O. The summed E-state index contributed by atoms with van der Waals surface area (Å²) in [7, 11) is 4.84. The smallest absolute Gasteiger partial charge is 0.242 e. The maximum absolute atomic E-state index is 13.7. The van der Waals surface area contributed by atoms with E-state index in [0.717, 1.165) is 38.5 Å². The molecule has 0 aromatic heterocycles. The van der Waals surface area contributed by atoms with Gasteiger partial charge in [-0.1, -0.05) is 51.0 Å². The zero-order chi connectivity index (χ0) is 30.5. The third-order valence-electron chi connectivity index (χ3n) is 8.64. The summed E-state index contributed by atoms with van der Waals surface area (Å²) in [6.45, 7) is 8.40. The summed E-state index contributed by atoms with van der Waals surface area (Å²) in [5.74, 6) is -0.806. The van der Waals surface area contributed by atoms with Gasteiger partial charge in [0.05, 0.1) is 43.2 Å². The van der Waals surface area contributed by atoms with Crippen LogP contribution in [0.2, 0.25) is 0 Å². The number of ether oxygens (including phenoxy) is 2. The van der Waals surface area contributed by atoms with Gasteiger partial charge in [-0.25, -0.2) is 0 Å². The highest BCUT2D eigenvalue weighted by molar-refractivity contribution is 5.81. The molecule has 41 heavy (non-hydrogen) atoms. The average molecular weight is 577 g/mol. The molecule has 10 heteroatoms. The number of nitrogens with zero attached hydrogens (tertiary/aromatic N) is 2. The lowest BCUT2D eigenvalue weighted by Crippen LogP contribution is -2.54. The summed E-state index contributed by atoms with van der Waals surface area (Å²) in [5.41, 5.74) is 1.24. The molecule has 1 saturated heterocycles. The predicted octanol–water partition coefficient (Wildman–Crippen LogP) is 2.82. The van der Waals surface area contributed by atoms with Gasteiger partial charge in [0, 0.05) is 33.9 Å². The lowest BCUT2D eigenvalue weighted by molar-refractivity contribution is -0.145. The molecule has 0 aromatic rings. The molecule has 2 aliphatic rings. The summed E-state index contributed by atoms with van der Waals surface area (Å²) < 4.78 is 11.7. The number of methoxy groups -OCH3 is 2. The monoisotopic (exact) mass is 576 g/mol. The third-order valence-corrected chi connectivity index (χ3v) is 8.64. The van der Waals surface area contributed by atoms with Gasteiger partial charge in [-0.2, -0.15) is 0 Å². The fourth-order valence-corrected chi connectivity index (χ4v) is 6.18. The third kappa shape index (κ3) is 9.67. The molecule has 10 nitrogen and oxygen atoms in total. The summed E-state index contributed by atoms with van der Waals surface area (Å²) in [6, 6.07) is -0.600. The first-order valence-electron chi connectivity index (χ1n) is 15.0. The fourth-order valence-electron chi connectivity index (χ4n) is 6.18. The van der Waals surface area contributed by atoms with Crippen molar-refractivity contribution >= 4 is 24.1 Å². The van der Waals surface area contributed by atoms with Crippen LogP contribution in [-0.4, -0.2) is 98.6 Å². The van der Waals surface area contributed by atoms with Crippen molar-refractivity contribution in [3.05, 3.63) is 23.8 Å². The first kappa shape index (κ1) is 34.5.